The molecule has 0 aliphatic rings. The molecule has 0 fully saturated rings. The van der Waals surface area contributed by atoms with Crippen LogP contribution in [0.4, 0.5) is 0 Å². The second-order valence-electron chi connectivity index (χ2n) is 2.57. The van der Waals surface area contributed by atoms with Crippen molar-refractivity contribution in [3.8, 4) is 6.07 Å². The van der Waals surface area contributed by atoms with Gasteiger partial charge in [0.15, 0.2) is 6.29 Å². The van der Waals surface area contributed by atoms with Gasteiger partial charge in [-0.15, -0.1) is 0 Å². The SMILES string of the molecule is N#Cc1cc(C=O)nc(CC(=O)O)c1. The van der Waals surface area contributed by atoms with E-state index in [1.165, 1.54) is 12.1 Å². The molecule has 0 atom stereocenters. The lowest BCUT2D eigenvalue weighted by Gasteiger charge is -1.98. The molecule has 0 bridgehead atoms. The van der Waals surface area contributed by atoms with Gasteiger partial charge in [-0.3, -0.25) is 9.59 Å². The number of aliphatic carboxylic acids is 1. The number of rotatable bonds is 3. The number of aldehydes is 1. The molecule has 0 amide bonds. The highest BCUT2D eigenvalue weighted by atomic mass is 16.4. The molecule has 1 N–H and O–H groups in total. The van der Waals surface area contributed by atoms with E-state index in [0.29, 0.717) is 6.29 Å². The zero-order valence-corrected chi connectivity index (χ0v) is 7.10. The topological polar surface area (TPSA) is 91.0 Å². The van der Waals surface area contributed by atoms with Crippen molar-refractivity contribution in [1.82, 2.24) is 4.98 Å². The average molecular weight is 190 g/mol. The molecule has 5 heteroatoms. The van der Waals surface area contributed by atoms with Crippen molar-refractivity contribution in [3.63, 3.8) is 0 Å². The van der Waals surface area contributed by atoms with E-state index in [1.54, 1.807) is 0 Å². The molecule has 70 valence electrons. The van der Waals surface area contributed by atoms with Crippen molar-refractivity contribution in [3.05, 3.63) is 29.1 Å². The molecule has 1 aromatic rings. The van der Waals surface area contributed by atoms with Gasteiger partial charge in [0.1, 0.15) is 5.69 Å². The summed E-state index contributed by atoms with van der Waals surface area (Å²) in [5.41, 5.74) is 0.511. The van der Waals surface area contributed by atoms with E-state index in [2.05, 4.69) is 4.98 Å². The predicted molar refractivity (Wildman–Crippen MR) is 45.7 cm³/mol. The van der Waals surface area contributed by atoms with Crippen LogP contribution in [0.25, 0.3) is 0 Å². The number of carboxylic acid groups (broad SMARTS) is 1. The van der Waals surface area contributed by atoms with Crippen molar-refractivity contribution in [1.29, 1.82) is 5.26 Å². The summed E-state index contributed by atoms with van der Waals surface area (Å²) in [4.78, 5) is 24.5. The minimum absolute atomic E-state index is 0.0697. The number of carboxylic acids is 1. The van der Waals surface area contributed by atoms with Crippen LogP contribution in [0.2, 0.25) is 0 Å². The Morgan fingerprint density at radius 2 is 2.36 bits per heavy atom. The van der Waals surface area contributed by atoms with Crippen LogP contribution in [-0.4, -0.2) is 22.3 Å². The van der Waals surface area contributed by atoms with Crippen LogP contribution in [0.5, 0.6) is 0 Å². The average Bonchev–Trinajstić information content (AvgIpc) is 2.16. The Hall–Kier alpha value is -2.22. The first-order chi connectivity index (χ1) is 6.65. The first-order valence-electron chi connectivity index (χ1n) is 3.73. The Morgan fingerprint density at radius 1 is 1.64 bits per heavy atom. The summed E-state index contributed by atoms with van der Waals surface area (Å²) in [6, 6.07) is 4.48. The van der Waals surface area contributed by atoms with Crippen LogP contribution in [0, 0.1) is 11.3 Å². The van der Waals surface area contributed by atoms with Crippen molar-refractivity contribution in [2.45, 2.75) is 6.42 Å². The lowest BCUT2D eigenvalue weighted by Crippen LogP contribution is -2.04. The van der Waals surface area contributed by atoms with Crippen LogP contribution in [0.1, 0.15) is 21.7 Å². The molecule has 0 spiro atoms. The second-order valence-corrected chi connectivity index (χ2v) is 2.57. The van der Waals surface area contributed by atoms with Crippen LogP contribution in [0.15, 0.2) is 12.1 Å². The number of aromatic nitrogens is 1. The molecule has 1 rings (SSSR count). The fourth-order valence-electron chi connectivity index (χ4n) is 0.981. The fraction of sp³-hybridized carbons (Fsp3) is 0.111. The number of nitrogens with zero attached hydrogens (tertiary/aromatic N) is 2. The number of pyridine rings is 1. The van der Waals surface area contributed by atoms with E-state index in [9.17, 15) is 9.59 Å². The molecule has 0 unspecified atom stereocenters. The lowest BCUT2D eigenvalue weighted by atomic mass is 10.2. The van der Waals surface area contributed by atoms with E-state index >= 15 is 0 Å². The third kappa shape index (κ3) is 2.38. The summed E-state index contributed by atoms with van der Waals surface area (Å²) in [6.07, 6.45) is 0.183. The van der Waals surface area contributed by atoms with E-state index in [-0.39, 0.29) is 23.4 Å². The maximum absolute atomic E-state index is 10.4. The third-order valence-electron chi connectivity index (χ3n) is 1.48. The number of carbonyl (C=O) groups excluding carboxylic acids is 1. The van der Waals surface area contributed by atoms with Crippen LogP contribution >= 0.6 is 0 Å². The molecule has 1 heterocycles. The zero-order valence-electron chi connectivity index (χ0n) is 7.10. The smallest absolute Gasteiger partial charge is 0.309 e. The summed E-state index contributed by atoms with van der Waals surface area (Å²) < 4.78 is 0. The van der Waals surface area contributed by atoms with E-state index in [4.69, 9.17) is 10.4 Å². The number of hydrogen-bond acceptors (Lipinski definition) is 4. The van der Waals surface area contributed by atoms with Gasteiger partial charge in [-0.1, -0.05) is 0 Å². The molecule has 1 aromatic heterocycles. The highest BCUT2D eigenvalue weighted by Crippen LogP contribution is 2.04. The predicted octanol–water partition coefficient (Wildman–Crippen LogP) is 0.393. The van der Waals surface area contributed by atoms with Crippen LogP contribution in [-0.2, 0) is 11.2 Å². The summed E-state index contributed by atoms with van der Waals surface area (Å²) >= 11 is 0. The minimum atomic E-state index is -1.05. The molecular formula is C9H6N2O3. The van der Waals surface area contributed by atoms with E-state index < -0.39 is 5.97 Å². The van der Waals surface area contributed by atoms with Gasteiger partial charge in [-0.2, -0.15) is 5.26 Å². The Labute approximate surface area is 79.6 Å². The van der Waals surface area contributed by atoms with E-state index in [0.717, 1.165) is 0 Å². The molecule has 0 aromatic carbocycles. The Balaban J connectivity index is 3.12. The maximum Gasteiger partial charge on any atom is 0.309 e. The Kier molecular flexibility index (Phi) is 2.92. The van der Waals surface area contributed by atoms with Gasteiger partial charge in [0, 0.05) is 0 Å². The molecule has 0 aliphatic carbocycles. The summed E-state index contributed by atoms with van der Waals surface area (Å²) in [5.74, 6) is -1.05. The van der Waals surface area contributed by atoms with Crippen LogP contribution in [0.3, 0.4) is 0 Å². The monoisotopic (exact) mass is 190 g/mol. The number of hydrogen-bond donors (Lipinski definition) is 1. The molecular weight excluding hydrogens is 184 g/mol. The molecule has 0 saturated heterocycles. The van der Waals surface area contributed by atoms with Crippen molar-refractivity contribution in [2.75, 3.05) is 0 Å². The Morgan fingerprint density at radius 3 is 2.86 bits per heavy atom. The molecule has 0 aliphatic heterocycles. The van der Waals surface area contributed by atoms with Gasteiger partial charge in [-0.25, -0.2) is 4.98 Å². The van der Waals surface area contributed by atoms with Crippen molar-refractivity contribution < 1.29 is 14.7 Å². The summed E-state index contributed by atoms with van der Waals surface area (Å²) in [6.45, 7) is 0. The normalized spacial score (nSPS) is 9.07. The summed E-state index contributed by atoms with van der Waals surface area (Å²) in [5, 5.41) is 17.1. The maximum atomic E-state index is 10.4. The molecule has 14 heavy (non-hydrogen) atoms. The van der Waals surface area contributed by atoms with Crippen molar-refractivity contribution in [2.24, 2.45) is 0 Å². The standard InChI is InChI=1S/C9H6N2O3/c10-4-6-1-7(3-9(13)14)11-8(2-6)5-12/h1-2,5H,3H2,(H,13,14). The number of nitriles is 1. The quantitative estimate of drug-likeness (QED) is 0.696. The molecule has 0 radical (unpaired) electrons. The Bertz CT molecular complexity index is 421. The van der Waals surface area contributed by atoms with E-state index in [1.807, 2.05) is 6.07 Å². The first kappa shape index (κ1) is 9.86. The number of carbonyl (C=O) groups is 2. The zero-order chi connectivity index (χ0) is 10.6. The van der Waals surface area contributed by atoms with Gasteiger partial charge in [-0.05, 0) is 12.1 Å². The second kappa shape index (κ2) is 4.14. The highest BCUT2D eigenvalue weighted by Gasteiger charge is 2.05. The van der Waals surface area contributed by atoms with Gasteiger partial charge in [0.05, 0.1) is 23.7 Å². The highest BCUT2D eigenvalue weighted by molar-refractivity contribution is 5.74. The van der Waals surface area contributed by atoms with Crippen molar-refractivity contribution >= 4 is 12.3 Å². The fourth-order valence-corrected chi connectivity index (χ4v) is 0.981. The third-order valence-corrected chi connectivity index (χ3v) is 1.48. The molecule has 5 nitrogen and oxygen atoms in total. The molecule has 0 saturated carbocycles. The lowest BCUT2D eigenvalue weighted by molar-refractivity contribution is -0.136. The van der Waals surface area contributed by atoms with Gasteiger partial charge < -0.3 is 5.11 Å². The summed E-state index contributed by atoms with van der Waals surface area (Å²) in [7, 11) is 0. The van der Waals surface area contributed by atoms with Gasteiger partial charge >= 0.3 is 5.97 Å². The van der Waals surface area contributed by atoms with Crippen LogP contribution < -0.4 is 0 Å². The van der Waals surface area contributed by atoms with Gasteiger partial charge in [0.25, 0.3) is 0 Å². The largest absolute Gasteiger partial charge is 0.481 e. The van der Waals surface area contributed by atoms with Gasteiger partial charge in [0.2, 0.25) is 0 Å². The first-order valence-corrected chi connectivity index (χ1v) is 3.73. The minimum Gasteiger partial charge on any atom is -0.481 e.